The normalized spacial score (nSPS) is 20.9. The second-order valence-electron chi connectivity index (χ2n) is 4.90. The van der Waals surface area contributed by atoms with Crippen LogP contribution < -0.4 is 0 Å². The van der Waals surface area contributed by atoms with Crippen LogP contribution in [0.4, 0.5) is 0 Å². The van der Waals surface area contributed by atoms with Crippen molar-refractivity contribution in [1.82, 2.24) is 4.90 Å². The van der Waals surface area contributed by atoms with Gasteiger partial charge in [-0.2, -0.15) is 0 Å². The molecule has 0 spiro atoms. The van der Waals surface area contributed by atoms with Crippen LogP contribution in [0.25, 0.3) is 0 Å². The van der Waals surface area contributed by atoms with Crippen molar-refractivity contribution in [3.05, 3.63) is 34.3 Å². The minimum atomic E-state index is -1.16. The topological polar surface area (TPSA) is 57.6 Å². The van der Waals surface area contributed by atoms with E-state index < -0.39 is 11.5 Å². The Morgan fingerprint density at radius 2 is 2.16 bits per heavy atom. The predicted octanol–water partition coefficient (Wildman–Crippen LogP) is 2.13. The number of carboxylic acids is 1. The van der Waals surface area contributed by atoms with Crippen molar-refractivity contribution in [3.8, 4) is 0 Å². The fourth-order valence-corrected chi connectivity index (χ4v) is 2.90. The largest absolute Gasteiger partial charge is 0.479 e. The number of carboxylic acid groups (broad SMARTS) is 1. The van der Waals surface area contributed by atoms with Crippen molar-refractivity contribution < 1.29 is 14.7 Å². The van der Waals surface area contributed by atoms with Gasteiger partial charge < -0.3 is 10.0 Å². The molecule has 0 aromatic heterocycles. The Balaban J connectivity index is 2.40. The molecular weight excluding hydrogens is 266 g/mol. The quantitative estimate of drug-likeness (QED) is 0.841. The molecule has 4 nitrogen and oxygen atoms in total. The highest BCUT2D eigenvalue weighted by Crippen LogP contribution is 2.36. The Morgan fingerprint density at radius 3 is 2.74 bits per heavy atom. The highest BCUT2D eigenvalue weighted by Gasteiger charge is 2.48. The molecule has 0 saturated heterocycles. The van der Waals surface area contributed by atoms with Gasteiger partial charge in [-0.05, 0) is 29.7 Å². The summed E-state index contributed by atoms with van der Waals surface area (Å²) in [5.41, 5.74) is 0.706. The third-order valence-corrected chi connectivity index (χ3v) is 3.91. The molecule has 5 heteroatoms. The molecule has 19 heavy (non-hydrogen) atoms. The molecular formula is C14H16ClNO3. The van der Waals surface area contributed by atoms with Crippen LogP contribution >= 0.6 is 11.6 Å². The molecule has 0 aliphatic heterocycles. The number of nitrogens with zero attached hydrogens (tertiary/aromatic N) is 1. The Morgan fingerprint density at radius 1 is 1.47 bits per heavy atom. The molecule has 0 fully saturated rings. The van der Waals surface area contributed by atoms with E-state index in [1.807, 2.05) is 13.0 Å². The monoisotopic (exact) mass is 281 g/mol. The van der Waals surface area contributed by atoms with Gasteiger partial charge in [0.25, 0.3) is 0 Å². The number of hydrogen-bond acceptors (Lipinski definition) is 2. The van der Waals surface area contributed by atoms with E-state index in [0.29, 0.717) is 30.8 Å². The summed E-state index contributed by atoms with van der Waals surface area (Å²) in [5, 5.41) is 10.2. The molecule has 0 saturated carbocycles. The number of carbonyl (C=O) groups is 2. The van der Waals surface area contributed by atoms with Crippen molar-refractivity contribution in [2.75, 3.05) is 6.54 Å². The van der Waals surface area contributed by atoms with E-state index in [1.165, 1.54) is 4.90 Å². The Labute approximate surface area is 117 Å². The SMILES string of the molecule is CCCN(C=O)C1(C(=O)O)Cc2ccc(Cl)cc2C1. The van der Waals surface area contributed by atoms with Crippen LogP contribution in [0.2, 0.25) is 5.02 Å². The molecule has 2 rings (SSSR count). The maximum absolute atomic E-state index is 11.7. The van der Waals surface area contributed by atoms with E-state index in [2.05, 4.69) is 0 Å². The van der Waals surface area contributed by atoms with E-state index >= 15 is 0 Å². The van der Waals surface area contributed by atoms with Gasteiger partial charge in [0.15, 0.2) is 0 Å². The molecule has 1 N–H and O–H groups in total. The fraction of sp³-hybridized carbons (Fsp3) is 0.429. The molecule has 0 heterocycles. The van der Waals surface area contributed by atoms with E-state index in [4.69, 9.17) is 11.6 Å². The highest BCUT2D eigenvalue weighted by molar-refractivity contribution is 6.30. The molecule has 1 aromatic carbocycles. The van der Waals surface area contributed by atoms with Crippen LogP contribution in [0.3, 0.4) is 0 Å². The van der Waals surface area contributed by atoms with E-state index in [-0.39, 0.29) is 0 Å². The van der Waals surface area contributed by atoms with Crippen molar-refractivity contribution in [2.24, 2.45) is 0 Å². The van der Waals surface area contributed by atoms with E-state index in [0.717, 1.165) is 17.5 Å². The Hall–Kier alpha value is -1.55. The average molecular weight is 282 g/mol. The minimum absolute atomic E-state index is 0.316. The van der Waals surface area contributed by atoms with Gasteiger partial charge in [-0.3, -0.25) is 4.79 Å². The number of aliphatic carboxylic acids is 1. The summed E-state index contributed by atoms with van der Waals surface area (Å²) >= 11 is 5.94. The first-order chi connectivity index (χ1) is 9.03. The van der Waals surface area contributed by atoms with Gasteiger partial charge in [0.2, 0.25) is 6.41 Å². The molecule has 0 radical (unpaired) electrons. The summed E-state index contributed by atoms with van der Waals surface area (Å²) < 4.78 is 0. The van der Waals surface area contributed by atoms with Crippen molar-refractivity contribution >= 4 is 24.0 Å². The van der Waals surface area contributed by atoms with Crippen LogP contribution in [0.5, 0.6) is 0 Å². The van der Waals surface area contributed by atoms with Gasteiger partial charge in [-0.15, -0.1) is 0 Å². The van der Waals surface area contributed by atoms with Gasteiger partial charge in [0, 0.05) is 24.4 Å². The number of hydrogen-bond donors (Lipinski definition) is 1. The number of benzene rings is 1. The zero-order valence-corrected chi connectivity index (χ0v) is 11.5. The second kappa shape index (κ2) is 5.21. The second-order valence-corrected chi connectivity index (χ2v) is 5.34. The lowest BCUT2D eigenvalue weighted by Crippen LogP contribution is -2.55. The van der Waals surface area contributed by atoms with Gasteiger partial charge >= 0.3 is 5.97 Å². The minimum Gasteiger partial charge on any atom is -0.479 e. The zero-order valence-electron chi connectivity index (χ0n) is 10.7. The van der Waals surface area contributed by atoms with Crippen molar-refractivity contribution in [3.63, 3.8) is 0 Å². The standard InChI is InChI=1S/C14H16ClNO3/c1-2-5-16(9-17)14(13(18)19)7-10-3-4-12(15)6-11(10)8-14/h3-4,6,9H,2,5,7-8H2,1H3,(H,18,19). The van der Waals surface area contributed by atoms with Gasteiger partial charge in [-0.25, -0.2) is 4.79 Å². The summed E-state index contributed by atoms with van der Waals surface area (Å²) in [6, 6.07) is 5.39. The van der Waals surface area contributed by atoms with Crippen LogP contribution in [-0.4, -0.2) is 34.5 Å². The lowest BCUT2D eigenvalue weighted by Gasteiger charge is -2.34. The van der Waals surface area contributed by atoms with Crippen molar-refractivity contribution in [2.45, 2.75) is 31.7 Å². The number of halogens is 1. The number of amides is 1. The van der Waals surface area contributed by atoms with Crippen LogP contribution in [0, 0.1) is 0 Å². The Kier molecular flexibility index (Phi) is 3.80. The number of carbonyl (C=O) groups excluding carboxylic acids is 1. The average Bonchev–Trinajstić information content (AvgIpc) is 2.75. The molecule has 0 bridgehead atoms. The summed E-state index contributed by atoms with van der Waals surface area (Å²) in [6.07, 6.45) is 2.03. The Bertz CT molecular complexity index is 517. The summed E-state index contributed by atoms with van der Waals surface area (Å²) in [7, 11) is 0. The molecule has 1 aliphatic carbocycles. The zero-order chi connectivity index (χ0) is 14.0. The molecule has 102 valence electrons. The molecule has 1 atom stereocenters. The maximum Gasteiger partial charge on any atom is 0.330 e. The van der Waals surface area contributed by atoms with Gasteiger partial charge in [0.05, 0.1) is 0 Å². The van der Waals surface area contributed by atoms with Crippen LogP contribution in [-0.2, 0) is 22.4 Å². The summed E-state index contributed by atoms with van der Waals surface area (Å²) in [4.78, 5) is 24.4. The maximum atomic E-state index is 11.7. The predicted molar refractivity (Wildman–Crippen MR) is 72.3 cm³/mol. The first-order valence-electron chi connectivity index (χ1n) is 6.26. The van der Waals surface area contributed by atoms with E-state index in [1.54, 1.807) is 12.1 Å². The molecule has 1 aliphatic rings. The lowest BCUT2D eigenvalue weighted by molar-refractivity contribution is -0.154. The molecule has 1 amide bonds. The highest BCUT2D eigenvalue weighted by atomic mass is 35.5. The van der Waals surface area contributed by atoms with Gasteiger partial charge in [-0.1, -0.05) is 24.6 Å². The van der Waals surface area contributed by atoms with Crippen molar-refractivity contribution in [1.29, 1.82) is 0 Å². The summed E-state index contributed by atoms with van der Waals surface area (Å²) in [5.74, 6) is -0.958. The van der Waals surface area contributed by atoms with Crippen LogP contribution in [0.15, 0.2) is 18.2 Å². The molecule has 1 aromatic rings. The molecule has 1 unspecified atom stereocenters. The van der Waals surface area contributed by atoms with Crippen LogP contribution in [0.1, 0.15) is 24.5 Å². The third kappa shape index (κ3) is 2.32. The van der Waals surface area contributed by atoms with E-state index in [9.17, 15) is 14.7 Å². The fourth-order valence-electron chi connectivity index (χ4n) is 2.71. The first kappa shape index (κ1) is 13.9. The number of fused-ring (bicyclic) bond motifs is 1. The first-order valence-corrected chi connectivity index (χ1v) is 6.64. The smallest absolute Gasteiger partial charge is 0.330 e. The third-order valence-electron chi connectivity index (χ3n) is 3.67. The van der Waals surface area contributed by atoms with Gasteiger partial charge in [0.1, 0.15) is 5.54 Å². The lowest BCUT2D eigenvalue weighted by atomic mass is 9.93. The summed E-state index contributed by atoms with van der Waals surface area (Å²) in [6.45, 7) is 2.36. The number of rotatable bonds is 5.